The minimum absolute atomic E-state index is 0.0463. The maximum Gasteiger partial charge on any atom is 0.416 e. The number of alkyl halides is 6. The highest BCUT2D eigenvalue weighted by molar-refractivity contribution is 5.75. The second-order valence-electron chi connectivity index (χ2n) is 8.55. The molecule has 186 valence electrons. The first kappa shape index (κ1) is 25.8. The zero-order chi connectivity index (χ0) is 25.4. The maximum atomic E-state index is 13.6. The zero-order valence-electron chi connectivity index (χ0n) is 18.5. The van der Waals surface area contributed by atoms with Crippen molar-refractivity contribution in [2.75, 3.05) is 13.6 Å². The molecule has 3 rings (SSSR count). The topological polar surface area (TPSA) is 49.6 Å². The van der Waals surface area contributed by atoms with E-state index >= 15 is 0 Å². The third-order valence-corrected chi connectivity index (χ3v) is 5.87. The van der Waals surface area contributed by atoms with E-state index in [1.54, 1.807) is 13.0 Å². The van der Waals surface area contributed by atoms with Crippen molar-refractivity contribution in [2.24, 2.45) is 5.73 Å². The molecule has 1 aliphatic rings. The largest absolute Gasteiger partial charge is 0.416 e. The summed E-state index contributed by atoms with van der Waals surface area (Å²) >= 11 is 0. The lowest BCUT2D eigenvalue weighted by atomic mass is 9.90. The van der Waals surface area contributed by atoms with Gasteiger partial charge in [0.05, 0.1) is 17.2 Å². The van der Waals surface area contributed by atoms with Crippen molar-refractivity contribution in [2.45, 2.75) is 50.7 Å². The summed E-state index contributed by atoms with van der Waals surface area (Å²) in [5.74, 6) is -0.443. The highest BCUT2D eigenvalue weighted by atomic mass is 19.4. The number of carbonyl (C=O) groups excluding carboxylic acids is 1. The van der Waals surface area contributed by atoms with E-state index in [0.29, 0.717) is 36.1 Å². The molecule has 1 fully saturated rings. The van der Waals surface area contributed by atoms with Gasteiger partial charge in [0, 0.05) is 26.2 Å². The Morgan fingerprint density at radius 1 is 1.06 bits per heavy atom. The maximum absolute atomic E-state index is 13.6. The van der Waals surface area contributed by atoms with Gasteiger partial charge in [-0.3, -0.25) is 0 Å². The Morgan fingerprint density at radius 3 is 2.18 bits per heavy atom. The molecule has 0 radical (unpaired) electrons. The number of nitrogens with zero attached hydrogens (tertiary/aromatic N) is 2. The summed E-state index contributed by atoms with van der Waals surface area (Å²) < 4.78 is 92.6. The molecule has 0 unspecified atom stereocenters. The first-order valence-electron chi connectivity index (χ1n) is 10.5. The van der Waals surface area contributed by atoms with E-state index in [1.165, 1.54) is 24.1 Å². The Hall–Kier alpha value is -2.82. The molecule has 2 amide bonds. The second kappa shape index (κ2) is 9.44. The number of nitrogens with two attached hydrogens (primary N) is 1. The van der Waals surface area contributed by atoms with Crippen molar-refractivity contribution >= 4 is 6.03 Å². The summed E-state index contributed by atoms with van der Waals surface area (Å²) in [5.41, 5.74) is 4.17. The van der Waals surface area contributed by atoms with Crippen LogP contribution in [0.3, 0.4) is 0 Å². The monoisotopic (exact) mass is 491 g/mol. The van der Waals surface area contributed by atoms with Gasteiger partial charge in [-0.15, -0.1) is 0 Å². The van der Waals surface area contributed by atoms with Crippen LogP contribution in [0.15, 0.2) is 36.4 Å². The van der Waals surface area contributed by atoms with Crippen LogP contribution in [-0.2, 0) is 18.9 Å². The second-order valence-corrected chi connectivity index (χ2v) is 8.55. The number of likely N-dealkylation sites (tertiary alicyclic amines) is 1. The molecule has 2 aromatic carbocycles. The smallest absolute Gasteiger partial charge is 0.328 e. The molecule has 0 aromatic heterocycles. The first-order chi connectivity index (χ1) is 15.7. The lowest BCUT2D eigenvalue weighted by molar-refractivity contribution is -0.143. The average Bonchev–Trinajstić information content (AvgIpc) is 2.71. The molecule has 4 nitrogen and oxygen atoms in total. The van der Waals surface area contributed by atoms with Gasteiger partial charge in [0.2, 0.25) is 0 Å². The summed E-state index contributed by atoms with van der Waals surface area (Å²) in [7, 11) is 1.30. The van der Waals surface area contributed by atoms with Crippen molar-refractivity contribution < 1.29 is 35.5 Å². The summed E-state index contributed by atoms with van der Waals surface area (Å²) in [6.07, 6.45) is -9.11. The Bertz CT molecular complexity index is 1020. The van der Waals surface area contributed by atoms with E-state index in [4.69, 9.17) is 5.73 Å². The third kappa shape index (κ3) is 5.81. The molecule has 2 atom stereocenters. The Balaban J connectivity index is 1.89. The van der Waals surface area contributed by atoms with Crippen LogP contribution in [0.4, 0.5) is 35.5 Å². The quantitative estimate of drug-likeness (QED) is 0.545. The van der Waals surface area contributed by atoms with Gasteiger partial charge in [-0.25, -0.2) is 9.18 Å². The van der Waals surface area contributed by atoms with E-state index in [-0.39, 0.29) is 24.2 Å². The van der Waals surface area contributed by atoms with Crippen LogP contribution in [0.1, 0.15) is 46.7 Å². The van der Waals surface area contributed by atoms with Gasteiger partial charge in [-0.05, 0) is 66.8 Å². The summed E-state index contributed by atoms with van der Waals surface area (Å²) in [5, 5.41) is 0. The number of hydrogen-bond acceptors (Lipinski definition) is 2. The van der Waals surface area contributed by atoms with Crippen molar-refractivity contribution in [1.29, 1.82) is 0 Å². The van der Waals surface area contributed by atoms with Gasteiger partial charge >= 0.3 is 18.4 Å². The van der Waals surface area contributed by atoms with Crippen LogP contribution in [0.2, 0.25) is 0 Å². The van der Waals surface area contributed by atoms with Crippen LogP contribution in [0, 0.1) is 12.7 Å². The van der Waals surface area contributed by atoms with E-state index in [1.807, 2.05) is 0 Å². The molecule has 0 aliphatic carbocycles. The molecule has 0 saturated carbocycles. The minimum atomic E-state index is -4.98. The van der Waals surface area contributed by atoms with Crippen LogP contribution in [-0.4, -0.2) is 35.5 Å². The highest BCUT2D eigenvalue weighted by Gasteiger charge is 2.38. The number of halogens is 7. The molecule has 0 bridgehead atoms. The molecular formula is C23H24F7N3O. The molecule has 34 heavy (non-hydrogen) atoms. The van der Waals surface area contributed by atoms with Crippen LogP contribution < -0.4 is 5.73 Å². The van der Waals surface area contributed by atoms with Gasteiger partial charge < -0.3 is 15.5 Å². The predicted molar refractivity (Wildman–Crippen MR) is 111 cm³/mol. The van der Waals surface area contributed by atoms with Gasteiger partial charge in [0.25, 0.3) is 0 Å². The molecule has 2 N–H and O–H groups in total. The number of piperidine rings is 1. The highest BCUT2D eigenvalue weighted by Crippen LogP contribution is 2.37. The molecule has 1 heterocycles. The summed E-state index contributed by atoms with van der Waals surface area (Å²) in [6, 6.07) is 4.08. The number of urea groups is 1. The number of rotatable bonds is 3. The Morgan fingerprint density at radius 2 is 1.65 bits per heavy atom. The summed E-state index contributed by atoms with van der Waals surface area (Å²) in [6.45, 7) is 1.46. The molecule has 0 spiro atoms. The number of amides is 2. The molecule has 1 saturated heterocycles. The van der Waals surface area contributed by atoms with E-state index in [0.717, 1.165) is 4.90 Å². The van der Waals surface area contributed by atoms with Crippen molar-refractivity contribution in [1.82, 2.24) is 9.80 Å². The fourth-order valence-electron chi connectivity index (χ4n) is 4.20. The van der Waals surface area contributed by atoms with Gasteiger partial charge in [-0.1, -0.05) is 6.07 Å². The molecule has 2 aromatic rings. The van der Waals surface area contributed by atoms with E-state index in [2.05, 4.69) is 0 Å². The first-order valence-corrected chi connectivity index (χ1v) is 10.5. The van der Waals surface area contributed by atoms with E-state index < -0.39 is 47.9 Å². The van der Waals surface area contributed by atoms with Crippen molar-refractivity contribution in [3.8, 4) is 0 Å². The van der Waals surface area contributed by atoms with Crippen LogP contribution in [0.5, 0.6) is 0 Å². The van der Waals surface area contributed by atoms with Crippen molar-refractivity contribution in [3.63, 3.8) is 0 Å². The number of benzene rings is 2. The zero-order valence-corrected chi connectivity index (χ0v) is 18.5. The Labute approximate surface area is 192 Å². The fourth-order valence-corrected chi connectivity index (χ4v) is 4.20. The molecule has 1 aliphatic heterocycles. The Kier molecular flexibility index (Phi) is 7.16. The number of carbonyl (C=O) groups is 1. The fraction of sp³-hybridized carbons (Fsp3) is 0.435. The normalized spacial score (nSPS) is 19.3. The third-order valence-electron chi connectivity index (χ3n) is 5.87. The SMILES string of the molecule is Cc1cc(F)ccc1[C@@H]1C[C@@H](N)CCN1C(=O)N(C)Cc1cc(C(F)(F)F)cc(C(F)(F)F)c1. The lowest BCUT2D eigenvalue weighted by Gasteiger charge is -2.41. The summed E-state index contributed by atoms with van der Waals surface area (Å²) in [4.78, 5) is 15.8. The number of aryl methyl sites for hydroxylation is 1. The minimum Gasteiger partial charge on any atom is -0.328 e. The standard InChI is InChI=1S/C23H24F7N3O/c1-13-7-17(24)3-4-19(13)20-11-18(31)5-6-33(20)21(34)32(2)12-14-8-15(22(25,26)27)10-16(9-14)23(28,29)30/h3-4,7-10,18,20H,5-6,11-12,31H2,1-2H3/t18-,20-/m0/s1. The average molecular weight is 491 g/mol. The van der Waals surface area contributed by atoms with E-state index in [9.17, 15) is 35.5 Å². The van der Waals surface area contributed by atoms with Crippen LogP contribution in [0.25, 0.3) is 0 Å². The van der Waals surface area contributed by atoms with Gasteiger partial charge in [0.15, 0.2) is 0 Å². The molecular weight excluding hydrogens is 467 g/mol. The van der Waals surface area contributed by atoms with Gasteiger partial charge in [-0.2, -0.15) is 26.3 Å². The number of hydrogen-bond donors (Lipinski definition) is 1. The van der Waals surface area contributed by atoms with Gasteiger partial charge in [0.1, 0.15) is 5.82 Å². The molecule has 11 heteroatoms. The van der Waals surface area contributed by atoms with Crippen molar-refractivity contribution in [3.05, 3.63) is 70.0 Å². The predicted octanol–water partition coefficient (Wildman–Crippen LogP) is 5.89. The lowest BCUT2D eigenvalue weighted by Crippen LogP contribution is -2.49. The van der Waals surface area contributed by atoms with Crippen LogP contribution >= 0.6 is 0 Å².